The summed E-state index contributed by atoms with van der Waals surface area (Å²) >= 11 is 1.34. The van der Waals surface area contributed by atoms with Crippen LogP contribution < -0.4 is 5.32 Å². The number of nitrogens with one attached hydrogen (secondary N) is 3. The summed E-state index contributed by atoms with van der Waals surface area (Å²) in [6, 6.07) is 7.11. The van der Waals surface area contributed by atoms with Gasteiger partial charge in [-0.2, -0.15) is 5.10 Å². The number of aromatic nitrogens is 7. The van der Waals surface area contributed by atoms with E-state index in [0.29, 0.717) is 50.8 Å². The van der Waals surface area contributed by atoms with Gasteiger partial charge in [0.15, 0.2) is 17.3 Å². The number of imidazole rings is 1. The van der Waals surface area contributed by atoms with Crippen molar-refractivity contribution < 1.29 is 14.3 Å². The zero-order chi connectivity index (χ0) is 27.1. The lowest BCUT2D eigenvalue weighted by Crippen LogP contribution is -2.18. The minimum Gasteiger partial charge on any atom is -0.374 e. The molecule has 0 aromatic carbocycles. The molecule has 0 aliphatic carbocycles. The standard InChI is InChI=1S/C27H23FN8O2S/c1-3-4-20(38)32-15-9-14(10-29-11-15)16-12-31-26-21(22(16)28)25(35-36-26)27-33-17-7-8-30-24(23(17)34-27)19-6-5-18(39-19)13(2)37/h5-12,20,32,38H,3-4H2,1-2H3,(H,33,34)(H,31,35,36). The van der Waals surface area contributed by atoms with Crippen molar-refractivity contribution in [2.24, 2.45) is 0 Å². The highest BCUT2D eigenvalue weighted by Crippen LogP contribution is 2.35. The molecule has 6 rings (SSSR count). The van der Waals surface area contributed by atoms with Crippen LogP contribution in [-0.4, -0.2) is 52.2 Å². The maximum Gasteiger partial charge on any atom is 0.184 e. The lowest BCUT2D eigenvalue weighted by Gasteiger charge is -2.13. The van der Waals surface area contributed by atoms with Crippen LogP contribution >= 0.6 is 11.3 Å². The summed E-state index contributed by atoms with van der Waals surface area (Å²) in [5.74, 6) is -0.170. The van der Waals surface area contributed by atoms with Crippen molar-refractivity contribution in [3.05, 3.63) is 59.7 Å². The first-order valence-electron chi connectivity index (χ1n) is 12.3. The minimum absolute atomic E-state index is 0.0162. The molecule has 6 heterocycles. The molecule has 0 fully saturated rings. The number of anilines is 1. The van der Waals surface area contributed by atoms with Gasteiger partial charge in [-0.3, -0.25) is 19.9 Å². The second-order valence-electron chi connectivity index (χ2n) is 9.06. The number of thiophene rings is 1. The van der Waals surface area contributed by atoms with E-state index >= 15 is 4.39 Å². The number of carbonyl (C=O) groups is 1. The van der Waals surface area contributed by atoms with Crippen LogP contribution in [0.25, 0.3) is 55.3 Å². The maximum absolute atomic E-state index is 16.0. The van der Waals surface area contributed by atoms with Crippen molar-refractivity contribution in [3.8, 4) is 33.2 Å². The van der Waals surface area contributed by atoms with E-state index in [1.165, 1.54) is 24.5 Å². The molecule has 4 N–H and O–H groups in total. The predicted molar refractivity (Wildman–Crippen MR) is 148 cm³/mol. The SMILES string of the molecule is CCCC(O)Nc1cncc(-c2cnc3n[nH]c(-c4nc5c(-c6ccc(C(C)=O)s6)nccc5[nH]4)c3c2F)c1. The number of carbonyl (C=O) groups excluding carboxylic acids is 1. The van der Waals surface area contributed by atoms with Gasteiger partial charge in [0.1, 0.15) is 28.9 Å². The van der Waals surface area contributed by atoms with Crippen molar-refractivity contribution in [2.75, 3.05) is 5.32 Å². The van der Waals surface area contributed by atoms with Crippen molar-refractivity contribution in [1.29, 1.82) is 0 Å². The largest absolute Gasteiger partial charge is 0.374 e. The fraction of sp³-hybridized carbons (Fsp3) is 0.185. The molecule has 196 valence electrons. The average Bonchev–Trinajstić information content (AvgIpc) is 3.67. The molecule has 0 radical (unpaired) electrons. The van der Waals surface area contributed by atoms with Crippen LogP contribution in [0.4, 0.5) is 10.1 Å². The van der Waals surface area contributed by atoms with Crippen molar-refractivity contribution in [2.45, 2.75) is 32.9 Å². The molecule has 0 aliphatic heterocycles. The second-order valence-corrected chi connectivity index (χ2v) is 10.1. The quantitative estimate of drug-likeness (QED) is 0.144. The van der Waals surface area contributed by atoms with Gasteiger partial charge >= 0.3 is 0 Å². The van der Waals surface area contributed by atoms with Crippen LogP contribution in [0.2, 0.25) is 0 Å². The molecule has 1 atom stereocenters. The summed E-state index contributed by atoms with van der Waals surface area (Å²) in [5.41, 5.74) is 3.76. The van der Waals surface area contributed by atoms with Gasteiger partial charge in [0.05, 0.1) is 32.5 Å². The first-order valence-corrected chi connectivity index (χ1v) is 13.1. The number of aliphatic hydroxyl groups is 1. The van der Waals surface area contributed by atoms with E-state index in [9.17, 15) is 9.90 Å². The van der Waals surface area contributed by atoms with E-state index < -0.39 is 12.0 Å². The smallest absolute Gasteiger partial charge is 0.184 e. The third-order valence-corrected chi connectivity index (χ3v) is 7.48. The fourth-order valence-electron chi connectivity index (χ4n) is 4.42. The number of hydrogen-bond donors (Lipinski definition) is 4. The Hall–Kier alpha value is -4.55. The highest BCUT2D eigenvalue weighted by molar-refractivity contribution is 7.17. The molecule has 0 bridgehead atoms. The van der Waals surface area contributed by atoms with E-state index in [2.05, 4.69) is 35.5 Å². The molecule has 6 aromatic heterocycles. The number of pyridine rings is 3. The molecule has 0 aliphatic rings. The molecule has 0 amide bonds. The Morgan fingerprint density at radius 2 is 2.08 bits per heavy atom. The maximum atomic E-state index is 16.0. The van der Waals surface area contributed by atoms with Gasteiger partial charge in [0, 0.05) is 29.7 Å². The number of rotatable bonds is 8. The van der Waals surface area contributed by atoms with Gasteiger partial charge in [-0.25, -0.2) is 14.4 Å². The number of aliphatic hydroxyl groups excluding tert-OH is 1. The first-order chi connectivity index (χ1) is 18.9. The molecular weight excluding hydrogens is 519 g/mol. The summed E-state index contributed by atoms with van der Waals surface area (Å²) < 4.78 is 16.0. The lowest BCUT2D eigenvalue weighted by atomic mass is 10.1. The predicted octanol–water partition coefficient (Wildman–Crippen LogP) is 5.56. The second kappa shape index (κ2) is 9.97. The Bertz CT molecular complexity index is 1840. The van der Waals surface area contributed by atoms with Gasteiger partial charge < -0.3 is 15.4 Å². The molecule has 0 saturated heterocycles. The van der Waals surface area contributed by atoms with Gasteiger partial charge in [-0.15, -0.1) is 11.3 Å². The highest BCUT2D eigenvalue weighted by Gasteiger charge is 2.22. The van der Waals surface area contributed by atoms with E-state index in [-0.39, 0.29) is 22.4 Å². The Balaban J connectivity index is 1.42. The molecule has 0 saturated carbocycles. The summed E-state index contributed by atoms with van der Waals surface area (Å²) in [4.78, 5) is 34.2. The van der Waals surface area contributed by atoms with Crippen LogP contribution in [0.5, 0.6) is 0 Å². The number of aromatic amines is 2. The van der Waals surface area contributed by atoms with E-state index in [1.54, 1.807) is 36.8 Å². The number of ketones is 1. The van der Waals surface area contributed by atoms with Crippen LogP contribution in [0, 0.1) is 5.82 Å². The zero-order valence-corrected chi connectivity index (χ0v) is 21.8. The third kappa shape index (κ3) is 4.53. The van der Waals surface area contributed by atoms with Crippen LogP contribution in [0.1, 0.15) is 36.4 Å². The number of hydrogen-bond acceptors (Lipinski definition) is 9. The summed E-state index contributed by atoms with van der Waals surface area (Å²) in [5, 5.41) is 20.3. The molecule has 39 heavy (non-hydrogen) atoms. The molecule has 10 nitrogen and oxygen atoms in total. The molecule has 1 unspecified atom stereocenters. The number of H-pyrrole nitrogens is 2. The number of Topliss-reactive ketones (excluding diaryl/α,β-unsaturated/α-hetero) is 1. The van der Waals surface area contributed by atoms with Gasteiger partial charge in [0.2, 0.25) is 0 Å². The average molecular weight is 543 g/mol. The van der Waals surface area contributed by atoms with Crippen molar-refractivity contribution in [1.82, 2.24) is 35.1 Å². The van der Waals surface area contributed by atoms with Crippen LogP contribution in [0.3, 0.4) is 0 Å². The molecular formula is C27H23FN8O2S. The monoisotopic (exact) mass is 542 g/mol. The number of halogens is 1. The Kier molecular flexibility index (Phi) is 6.33. The zero-order valence-electron chi connectivity index (χ0n) is 21.0. The van der Waals surface area contributed by atoms with Gasteiger partial charge in [-0.05, 0) is 37.6 Å². The first kappa shape index (κ1) is 24.8. The molecule has 0 spiro atoms. The summed E-state index contributed by atoms with van der Waals surface area (Å²) in [6.45, 7) is 3.50. The highest BCUT2D eigenvalue weighted by atomic mass is 32.1. The molecule has 6 aromatic rings. The summed E-state index contributed by atoms with van der Waals surface area (Å²) in [7, 11) is 0. The van der Waals surface area contributed by atoms with E-state index in [4.69, 9.17) is 4.98 Å². The lowest BCUT2D eigenvalue weighted by molar-refractivity contribution is 0.102. The third-order valence-electron chi connectivity index (χ3n) is 6.29. The normalized spacial score (nSPS) is 12.3. The number of nitrogens with zero attached hydrogens (tertiary/aromatic N) is 5. The van der Waals surface area contributed by atoms with Crippen molar-refractivity contribution in [3.63, 3.8) is 0 Å². The van der Waals surface area contributed by atoms with Gasteiger partial charge in [0.25, 0.3) is 0 Å². The Labute approximate surface area is 225 Å². The Morgan fingerprint density at radius 1 is 1.21 bits per heavy atom. The summed E-state index contributed by atoms with van der Waals surface area (Å²) in [6.07, 6.45) is 6.84. The molecule has 12 heteroatoms. The van der Waals surface area contributed by atoms with Crippen LogP contribution in [0.15, 0.2) is 49.1 Å². The van der Waals surface area contributed by atoms with Crippen molar-refractivity contribution >= 4 is 44.9 Å². The minimum atomic E-state index is -0.728. The van der Waals surface area contributed by atoms with E-state index in [1.807, 2.05) is 13.0 Å². The van der Waals surface area contributed by atoms with Gasteiger partial charge in [-0.1, -0.05) is 13.3 Å². The number of fused-ring (bicyclic) bond motifs is 2. The van der Waals surface area contributed by atoms with E-state index in [0.717, 1.165) is 11.3 Å². The van der Waals surface area contributed by atoms with Crippen LogP contribution in [-0.2, 0) is 0 Å². The topological polar surface area (TPSA) is 145 Å². The Morgan fingerprint density at radius 3 is 2.87 bits per heavy atom. The fourth-order valence-corrected chi connectivity index (χ4v) is 5.31.